The van der Waals surface area contributed by atoms with Crippen LogP contribution >= 0.6 is 0 Å². The van der Waals surface area contributed by atoms with Gasteiger partial charge < -0.3 is 30.2 Å². The highest BCUT2D eigenvalue weighted by molar-refractivity contribution is 5.87. The predicted octanol–water partition coefficient (Wildman–Crippen LogP) is 2.97. The number of fused-ring (bicyclic) bond motifs is 3. The largest absolute Gasteiger partial charge is 0.507 e. The van der Waals surface area contributed by atoms with Crippen molar-refractivity contribution in [2.45, 2.75) is 56.3 Å². The van der Waals surface area contributed by atoms with Gasteiger partial charge in [-0.05, 0) is 49.8 Å². The Morgan fingerprint density at radius 3 is 2.68 bits per heavy atom. The van der Waals surface area contributed by atoms with E-state index in [1.54, 1.807) is 6.07 Å². The lowest BCUT2D eigenvalue weighted by Crippen LogP contribution is -2.62. The number of nitrogens with two attached hydrogens (primary N) is 1. The summed E-state index contributed by atoms with van der Waals surface area (Å²) in [5.74, 6) is 0.451. The topological polar surface area (TPSA) is 126 Å². The van der Waals surface area contributed by atoms with Gasteiger partial charge in [-0.2, -0.15) is 0 Å². The highest BCUT2D eigenvalue weighted by Crippen LogP contribution is 2.53. The van der Waals surface area contributed by atoms with Crippen LogP contribution in [0.4, 0.5) is 5.69 Å². The SMILES string of the molecule is CC12CC(c3ccc(N)cc3)CCC1(O)Cc1c(cc3oc(CO)cc(=O)c3c1O)O2. The van der Waals surface area contributed by atoms with Gasteiger partial charge in [0.05, 0.1) is 0 Å². The van der Waals surface area contributed by atoms with Crippen LogP contribution in [0.25, 0.3) is 11.0 Å². The second kappa shape index (κ2) is 6.73. The Hall–Kier alpha value is -3.03. The highest BCUT2D eigenvalue weighted by Gasteiger charge is 2.56. The van der Waals surface area contributed by atoms with Crippen molar-refractivity contribution in [2.75, 3.05) is 5.73 Å². The van der Waals surface area contributed by atoms with Gasteiger partial charge in [-0.1, -0.05) is 12.1 Å². The lowest BCUT2D eigenvalue weighted by atomic mass is 9.63. The Balaban J connectivity index is 1.58. The molecule has 7 heteroatoms. The predicted molar refractivity (Wildman–Crippen MR) is 115 cm³/mol. The van der Waals surface area contributed by atoms with Gasteiger partial charge >= 0.3 is 0 Å². The number of ether oxygens (including phenoxy) is 1. The van der Waals surface area contributed by atoms with E-state index in [2.05, 4.69) is 0 Å². The average Bonchev–Trinajstić information content (AvgIpc) is 2.73. The zero-order valence-electron chi connectivity index (χ0n) is 17.2. The van der Waals surface area contributed by atoms with E-state index < -0.39 is 23.2 Å². The number of rotatable bonds is 2. The first-order valence-corrected chi connectivity index (χ1v) is 10.4. The maximum absolute atomic E-state index is 12.5. The fourth-order valence-electron chi connectivity index (χ4n) is 5.15. The van der Waals surface area contributed by atoms with Crippen molar-refractivity contribution < 1.29 is 24.5 Å². The Morgan fingerprint density at radius 2 is 1.97 bits per heavy atom. The molecule has 7 nitrogen and oxygen atoms in total. The van der Waals surface area contributed by atoms with Crippen LogP contribution in [0.1, 0.15) is 49.0 Å². The average molecular weight is 423 g/mol. The Morgan fingerprint density at radius 1 is 1.23 bits per heavy atom. The van der Waals surface area contributed by atoms with Crippen LogP contribution in [0, 0.1) is 0 Å². The zero-order valence-corrected chi connectivity index (χ0v) is 17.2. The van der Waals surface area contributed by atoms with Crippen molar-refractivity contribution >= 4 is 16.7 Å². The van der Waals surface area contributed by atoms with Crippen LogP contribution in [0.5, 0.6) is 11.5 Å². The third-order valence-electron chi connectivity index (χ3n) is 7.00. The van der Waals surface area contributed by atoms with Gasteiger partial charge in [0.1, 0.15) is 46.0 Å². The van der Waals surface area contributed by atoms with Gasteiger partial charge in [-0.15, -0.1) is 0 Å². The third kappa shape index (κ3) is 2.99. The summed E-state index contributed by atoms with van der Waals surface area (Å²) in [6.45, 7) is 1.46. The van der Waals surface area contributed by atoms with E-state index in [1.807, 2.05) is 31.2 Å². The number of phenolic OH excluding ortho intramolecular Hbond substituents is 1. The molecular weight excluding hydrogens is 398 g/mol. The molecule has 1 fully saturated rings. The number of aliphatic hydroxyl groups is 2. The van der Waals surface area contributed by atoms with Crippen molar-refractivity contribution in [2.24, 2.45) is 0 Å². The molecule has 0 radical (unpaired) electrons. The second-order valence-electron chi connectivity index (χ2n) is 8.96. The molecule has 5 rings (SSSR count). The molecule has 1 saturated carbocycles. The van der Waals surface area contributed by atoms with E-state index in [4.69, 9.17) is 14.9 Å². The Bertz CT molecular complexity index is 1230. The van der Waals surface area contributed by atoms with Crippen LogP contribution < -0.4 is 15.9 Å². The number of phenols is 1. The number of nitrogen functional groups attached to an aromatic ring is 1. The number of hydrogen-bond donors (Lipinski definition) is 4. The van der Waals surface area contributed by atoms with E-state index in [0.29, 0.717) is 29.8 Å². The fraction of sp³-hybridized carbons (Fsp3) is 0.375. The number of hydrogen-bond acceptors (Lipinski definition) is 7. The van der Waals surface area contributed by atoms with Gasteiger partial charge in [0, 0.05) is 29.8 Å². The molecule has 1 aliphatic carbocycles. The Labute approximate surface area is 178 Å². The summed E-state index contributed by atoms with van der Waals surface area (Å²) in [5.41, 5.74) is 5.70. The van der Waals surface area contributed by atoms with E-state index in [1.165, 1.54) is 0 Å². The second-order valence-corrected chi connectivity index (χ2v) is 8.96. The number of anilines is 1. The molecule has 2 aliphatic rings. The number of aliphatic hydroxyl groups excluding tert-OH is 1. The molecule has 0 saturated heterocycles. The first-order chi connectivity index (χ1) is 14.7. The summed E-state index contributed by atoms with van der Waals surface area (Å²) >= 11 is 0. The Kier molecular flexibility index (Phi) is 4.32. The normalized spacial score (nSPS) is 27.4. The van der Waals surface area contributed by atoms with Crippen LogP contribution in [0.3, 0.4) is 0 Å². The first-order valence-electron chi connectivity index (χ1n) is 10.4. The molecule has 0 amide bonds. The molecule has 31 heavy (non-hydrogen) atoms. The van der Waals surface area contributed by atoms with Crippen molar-refractivity contribution in [1.82, 2.24) is 0 Å². The molecule has 3 atom stereocenters. The molecule has 2 aromatic carbocycles. The van der Waals surface area contributed by atoms with Gasteiger partial charge in [-0.3, -0.25) is 4.79 Å². The van der Waals surface area contributed by atoms with Crippen LogP contribution in [-0.4, -0.2) is 26.5 Å². The summed E-state index contributed by atoms with van der Waals surface area (Å²) < 4.78 is 11.9. The summed E-state index contributed by atoms with van der Waals surface area (Å²) in [5, 5.41) is 31.8. The first kappa shape index (κ1) is 19.9. The molecule has 3 unspecified atom stereocenters. The lowest BCUT2D eigenvalue weighted by molar-refractivity contribution is -0.164. The molecule has 1 aliphatic heterocycles. The monoisotopic (exact) mass is 423 g/mol. The molecule has 1 aromatic heterocycles. The quantitative estimate of drug-likeness (QED) is 0.467. The van der Waals surface area contributed by atoms with Crippen LogP contribution in [-0.2, 0) is 13.0 Å². The van der Waals surface area contributed by atoms with E-state index in [0.717, 1.165) is 18.1 Å². The molecule has 2 heterocycles. The van der Waals surface area contributed by atoms with Gasteiger partial charge in [-0.25, -0.2) is 0 Å². The van der Waals surface area contributed by atoms with E-state index >= 15 is 0 Å². The molecule has 3 aromatic rings. The van der Waals surface area contributed by atoms with Crippen LogP contribution in [0.15, 0.2) is 45.6 Å². The maximum Gasteiger partial charge on any atom is 0.196 e. The van der Waals surface area contributed by atoms with Gasteiger partial charge in [0.15, 0.2) is 5.43 Å². The molecule has 0 spiro atoms. The highest BCUT2D eigenvalue weighted by atomic mass is 16.5. The fourth-order valence-corrected chi connectivity index (χ4v) is 5.15. The van der Waals surface area contributed by atoms with Crippen LogP contribution in [0.2, 0.25) is 0 Å². The third-order valence-corrected chi connectivity index (χ3v) is 7.00. The minimum absolute atomic E-state index is 0.0299. The lowest BCUT2D eigenvalue weighted by Gasteiger charge is -2.53. The summed E-state index contributed by atoms with van der Waals surface area (Å²) in [4.78, 5) is 12.5. The van der Waals surface area contributed by atoms with E-state index in [-0.39, 0.29) is 34.8 Å². The minimum atomic E-state index is -1.18. The van der Waals surface area contributed by atoms with Crippen molar-refractivity contribution in [1.29, 1.82) is 0 Å². The molecule has 0 bridgehead atoms. The smallest absolute Gasteiger partial charge is 0.196 e. The van der Waals surface area contributed by atoms with E-state index in [9.17, 15) is 20.1 Å². The standard InChI is InChI=1S/C24H25NO6/c1-23-10-14(13-2-4-15(25)5-3-13)6-7-24(23,29)11-17-19(31-23)9-20-21(22(17)28)18(27)8-16(12-26)30-20/h2-5,8-9,14,26,28-29H,6-7,10-12,25H2,1H3. The molecule has 5 N–H and O–H groups in total. The molecular formula is C24H25NO6. The minimum Gasteiger partial charge on any atom is -0.507 e. The van der Waals surface area contributed by atoms with Crippen molar-refractivity contribution in [3.8, 4) is 11.5 Å². The van der Waals surface area contributed by atoms with Gasteiger partial charge in [0.25, 0.3) is 0 Å². The van der Waals surface area contributed by atoms with Crippen molar-refractivity contribution in [3.05, 3.63) is 63.5 Å². The summed E-state index contributed by atoms with van der Waals surface area (Å²) in [7, 11) is 0. The zero-order chi connectivity index (χ0) is 22.0. The number of aromatic hydroxyl groups is 1. The summed E-state index contributed by atoms with van der Waals surface area (Å²) in [6.07, 6.45) is 2.03. The van der Waals surface area contributed by atoms with Crippen molar-refractivity contribution in [3.63, 3.8) is 0 Å². The molecule has 162 valence electrons. The maximum atomic E-state index is 12.5. The van der Waals surface area contributed by atoms with Gasteiger partial charge in [0.2, 0.25) is 0 Å². The summed E-state index contributed by atoms with van der Waals surface area (Å²) in [6, 6.07) is 10.5. The number of benzene rings is 2.